The number of nitrogens with zero attached hydrogens (tertiary/aromatic N) is 1. The smallest absolute Gasteiger partial charge is 0.307 e. The zero-order valence-electron chi connectivity index (χ0n) is 10.2. The van der Waals surface area contributed by atoms with Gasteiger partial charge in [0.15, 0.2) is 4.67 Å². The third kappa shape index (κ3) is 2.96. The quantitative estimate of drug-likeness (QED) is 0.657. The molecule has 106 valence electrons. The maximum atomic E-state index is 13.6. The Labute approximate surface area is 120 Å². The summed E-state index contributed by atoms with van der Waals surface area (Å²) in [5, 5.41) is 13.3. The minimum absolute atomic E-state index is 0.168. The van der Waals surface area contributed by atoms with Gasteiger partial charge in [-0.1, -0.05) is 0 Å². The van der Waals surface area contributed by atoms with Gasteiger partial charge in [0.25, 0.3) is 0 Å². The minimum Gasteiger partial charge on any atom is -0.452 e. The third-order valence-electron chi connectivity index (χ3n) is 2.63. The summed E-state index contributed by atoms with van der Waals surface area (Å²) in [6, 6.07) is 4.18. The van der Waals surface area contributed by atoms with E-state index in [4.69, 9.17) is 4.42 Å². The monoisotopic (exact) mass is 346 g/mol. The Morgan fingerprint density at radius 3 is 2.60 bits per heavy atom. The highest BCUT2D eigenvalue weighted by Crippen LogP contribution is 2.29. The molecule has 0 spiro atoms. The number of anilines is 1. The lowest BCUT2D eigenvalue weighted by atomic mass is 10.2. The third-order valence-corrected chi connectivity index (χ3v) is 3.05. The van der Waals surface area contributed by atoms with Gasteiger partial charge in [-0.2, -0.15) is 4.39 Å². The van der Waals surface area contributed by atoms with Crippen LogP contribution in [-0.4, -0.2) is 4.92 Å². The van der Waals surface area contributed by atoms with Crippen molar-refractivity contribution in [2.45, 2.75) is 13.0 Å². The second kappa shape index (κ2) is 5.58. The zero-order valence-corrected chi connectivity index (χ0v) is 11.8. The molecule has 5 nitrogen and oxygen atoms in total. The average Bonchev–Trinajstić information content (AvgIpc) is 2.79. The highest BCUT2D eigenvalue weighted by molar-refractivity contribution is 9.10. The Balaban J connectivity index is 2.29. The molecule has 0 radical (unpaired) electrons. The summed E-state index contributed by atoms with van der Waals surface area (Å²) in [7, 11) is 0. The van der Waals surface area contributed by atoms with Crippen molar-refractivity contribution in [1.82, 2.24) is 0 Å². The van der Waals surface area contributed by atoms with Gasteiger partial charge in [-0.15, -0.1) is 0 Å². The van der Waals surface area contributed by atoms with Crippen molar-refractivity contribution in [2.24, 2.45) is 0 Å². The first-order valence-corrected chi connectivity index (χ1v) is 6.33. The first-order chi connectivity index (χ1) is 9.38. The van der Waals surface area contributed by atoms with E-state index in [1.54, 1.807) is 19.1 Å². The molecule has 0 bridgehead atoms. The Bertz CT molecular complexity index is 660. The number of hydrogen-bond donors (Lipinski definition) is 1. The Hall–Kier alpha value is -1.96. The average molecular weight is 347 g/mol. The number of rotatable bonds is 4. The van der Waals surface area contributed by atoms with Gasteiger partial charge in [0.2, 0.25) is 5.82 Å². The predicted molar refractivity (Wildman–Crippen MR) is 71.5 cm³/mol. The van der Waals surface area contributed by atoms with Crippen LogP contribution < -0.4 is 5.32 Å². The summed E-state index contributed by atoms with van der Waals surface area (Å²) in [6.45, 7) is 1.68. The molecule has 20 heavy (non-hydrogen) atoms. The van der Waals surface area contributed by atoms with Crippen LogP contribution in [0.1, 0.15) is 18.7 Å². The molecule has 0 aliphatic carbocycles. The minimum atomic E-state index is -1.22. The van der Waals surface area contributed by atoms with Gasteiger partial charge in [0.1, 0.15) is 11.6 Å². The summed E-state index contributed by atoms with van der Waals surface area (Å²) in [5.41, 5.74) is -0.958. The van der Waals surface area contributed by atoms with Crippen LogP contribution in [0.15, 0.2) is 33.4 Å². The van der Waals surface area contributed by atoms with E-state index in [9.17, 15) is 18.9 Å². The van der Waals surface area contributed by atoms with Gasteiger partial charge in [-0.25, -0.2) is 4.39 Å². The molecular formula is C12H9BrF2N2O3. The predicted octanol–water partition coefficient (Wildman–Crippen LogP) is 4.40. The lowest BCUT2D eigenvalue weighted by Crippen LogP contribution is -2.08. The lowest BCUT2D eigenvalue weighted by Gasteiger charge is -2.13. The molecule has 0 saturated heterocycles. The standard InChI is InChI=1S/C12H9BrF2N2O3/c1-6(11-2-3-12(13)20-11)16-9-5-10(17(18)19)8(15)4-7(9)14/h2-6,16H,1H3. The zero-order chi connectivity index (χ0) is 14.9. The molecule has 1 heterocycles. The van der Waals surface area contributed by atoms with Crippen LogP contribution in [0.2, 0.25) is 0 Å². The molecule has 8 heteroatoms. The Morgan fingerprint density at radius 2 is 2.05 bits per heavy atom. The molecule has 0 fully saturated rings. The normalized spacial score (nSPS) is 12.2. The molecule has 0 aliphatic heterocycles. The molecule has 2 rings (SSSR count). The number of nitro groups is 1. The molecule has 1 aromatic carbocycles. The topological polar surface area (TPSA) is 68.3 Å². The number of hydrogen-bond acceptors (Lipinski definition) is 4. The van der Waals surface area contributed by atoms with Crippen molar-refractivity contribution in [3.63, 3.8) is 0 Å². The molecule has 1 aromatic heterocycles. The van der Waals surface area contributed by atoms with E-state index in [0.29, 0.717) is 16.5 Å². The number of furan rings is 1. The molecule has 0 aliphatic rings. The maximum Gasteiger partial charge on any atom is 0.307 e. The summed E-state index contributed by atoms with van der Waals surface area (Å²) in [4.78, 5) is 9.73. The fourth-order valence-electron chi connectivity index (χ4n) is 1.65. The molecule has 0 amide bonds. The van der Waals surface area contributed by atoms with Crippen LogP contribution in [0.4, 0.5) is 20.2 Å². The number of nitro benzene ring substituents is 1. The number of nitrogens with one attached hydrogen (secondary N) is 1. The van der Waals surface area contributed by atoms with Gasteiger partial charge >= 0.3 is 5.69 Å². The van der Waals surface area contributed by atoms with Crippen LogP contribution in [0.3, 0.4) is 0 Å². The molecular weight excluding hydrogens is 338 g/mol. The van der Waals surface area contributed by atoms with E-state index in [0.717, 1.165) is 6.07 Å². The second-order valence-corrected chi connectivity index (χ2v) is 4.83. The van der Waals surface area contributed by atoms with Crippen molar-refractivity contribution < 1.29 is 18.1 Å². The van der Waals surface area contributed by atoms with Gasteiger partial charge in [0, 0.05) is 12.1 Å². The van der Waals surface area contributed by atoms with E-state index in [1.807, 2.05) is 0 Å². The van der Waals surface area contributed by atoms with Crippen LogP contribution in [0, 0.1) is 21.7 Å². The Morgan fingerprint density at radius 1 is 1.35 bits per heavy atom. The fraction of sp³-hybridized carbons (Fsp3) is 0.167. The highest BCUT2D eigenvalue weighted by atomic mass is 79.9. The van der Waals surface area contributed by atoms with E-state index in [1.165, 1.54) is 0 Å². The molecule has 1 unspecified atom stereocenters. The molecule has 2 aromatic rings. The van der Waals surface area contributed by atoms with Crippen LogP contribution in [0.5, 0.6) is 0 Å². The van der Waals surface area contributed by atoms with Crippen molar-refractivity contribution in [3.05, 3.63) is 56.4 Å². The first kappa shape index (κ1) is 14.4. The van der Waals surface area contributed by atoms with E-state index < -0.39 is 28.3 Å². The van der Waals surface area contributed by atoms with E-state index in [2.05, 4.69) is 21.2 Å². The first-order valence-electron chi connectivity index (χ1n) is 5.53. The molecule has 1 N–H and O–H groups in total. The largest absolute Gasteiger partial charge is 0.452 e. The SMILES string of the molecule is CC(Nc1cc([N+](=O)[O-])c(F)cc1F)c1ccc(Br)o1. The van der Waals surface area contributed by atoms with Gasteiger partial charge in [0.05, 0.1) is 16.7 Å². The lowest BCUT2D eigenvalue weighted by molar-refractivity contribution is -0.387. The second-order valence-electron chi connectivity index (χ2n) is 4.05. The fourth-order valence-corrected chi connectivity index (χ4v) is 1.97. The van der Waals surface area contributed by atoms with E-state index >= 15 is 0 Å². The van der Waals surface area contributed by atoms with Crippen molar-refractivity contribution in [1.29, 1.82) is 0 Å². The summed E-state index contributed by atoms with van der Waals surface area (Å²) >= 11 is 3.13. The van der Waals surface area contributed by atoms with Gasteiger partial charge in [-0.05, 0) is 35.0 Å². The molecule has 1 atom stereocenters. The Kier molecular flexibility index (Phi) is 4.03. The van der Waals surface area contributed by atoms with Crippen LogP contribution >= 0.6 is 15.9 Å². The number of benzene rings is 1. The number of halogens is 3. The van der Waals surface area contributed by atoms with E-state index in [-0.39, 0.29) is 5.69 Å². The van der Waals surface area contributed by atoms with Gasteiger partial charge in [-0.3, -0.25) is 10.1 Å². The van der Waals surface area contributed by atoms with Crippen molar-refractivity contribution >= 4 is 27.3 Å². The van der Waals surface area contributed by atoms with Crippen molar-refractivity contribution in [3.8, 4) is 0 Å². The van der Waals surface area contributed by atoms with Crippen LogP contribution in [0.25, 0.3) is 0 Å². The summed E-state index contributed by atoms with van der Waals surface area (Å²) < 4.78 is 32.6. The van der Waals surface area contributed by atoms with Gasteiger partial charge < -0.3 is 9.73 Å². The highest BCUT2D eigenvalue weighted by Gasteiger charge is 2.20. The van der Waals surface area contributed by atoms with Crippen molar-refractivity contribution in [2.75, 3.05) is 5.32 Å². The summed E-state index contributed by atoms with van der Waals surface area (Å²) in [6.07, 6.45) is 0. The summed E-state index contributed by atoms with van der Waals surface area (Å²) in [5.74, 6) is -1.62. The maximum absolute atomic E-state index is 13.6. The molecule has 0 saturated carbocycles. The van der Waals surface area contributed by atoms with Crippen LogP contribution in [-0.2, 0) is 0 Å².